The second-order valence-corrected chi connectivity index (χ2v) is 4.36. The van der Waals surface area contributed by atoms with E-state index in [1.807, 2.05) is 18.2 Å². The highest BCUT2D eigenvalue weighted by Crippen LogP contribution is 2.26. The molecule has 0 unspecified atom stereocenters. The summed E-state index contributed by atoms with van der Waals surface area (Å²) in [7, 11) is 3.31. The molecule has 0 bridgehead atoms. The molecule has 1 fully saturated rings. The lowest BCUT2D eigenvalue weighted by molar-refractivity contribution is 0.174. The van der Waals surface area contributed by atoms with Crippen LogP contribution < -0.4 is 9.47 Å². The molecule has 1 heterocycles. The number of aliphatic hydroxyl groups is 1. The van der Waals surface area contributed by atoms with Crippen LogP contribution in [-0.4, -0.2) is 43.4 Å². The summed E-state index contributed by atoms with van der Waals surface area (Å²) in [5, 5.41) is 9.49. The molecule has 0 amide bonds. The molecule has 17 heavy (non-hydrogen) atoms. The number of nitrogens with zero attached hydrogens (tertiary/aromatic N) is 1. The van der Waals surface area contributed by atoms with Crippen molar-refractivity contribution in [1.29, 1.82) is 0 Å². The summed E-state index contributed by atoms with van der Waals surface area (Å²) in [4.78, 5) is 2.23. The topological polar surface area (TPSA) is 41.9 Å². The molecule has 0 aliphatic carbocycles. The lowest BCUT2D eigenvalue weighted by atomic mass is 10.2. The van der Waals surface area contributed by atoms with Crippen LogP contribution in [0.25, 0.3) is 0 Å². The molecule has 1 N–H and O–H groups in total. The van der Waals surface area contributed by atoms with Gasteiger partial charge in [0, 0.05) is 31.3 Å². The number of hydrogen-bond acceptors (Lipinski definition) is 4. The third-order valence-corrected chi connectivity index (χ3v) is 3.14. The lowest BCUT2D eigenvalue weighted by Crippen LogP contribution is -2.21. The van der Waals surface area contributed by atoms with Crippen LogP contribution in [0.5, 0.6) is 11.5 Å². The average molecular weight is 237 g/mol. The minimum atomic E-state index is -0.181. The summed E-state index contributed by atoms with van der Waals surface area (Å²) in [6.07, 6.45) is 0.678. The number of likely N-dealkylation sites (tertiary alicyclic amines) is 1. The van der Waals surface area contributed by atoms with Crippen molar-refractivity contribution >= 4 is 0 Å². The van der Waals surface area contributed by atoms with Crippen LogP contribution in [0.3, 0.4) is 0 Å². The van der Waals surface area contributed by atoms with Crippen molar-refractivity contribution in [1.82, 2.24) is 4.90 Å². The quantitative estimate of drug-likeness (QED) is 0.856. The molecule has 4 heteroatoms. The summed E-state index contributed by atoms with van der Waals surface area (Å²) >= 11 is 0. The summed E-state index contributed by atoms with van der Waals surface area (Å²) in [6.45, 7) is 2.50. The van der Waals surface area contributed by atoms with Gasteiger partial charge in [-0.1, -0.05) is 6.07 Å². The van der Waals surface area contributed by atoms with Crippen molar-refractivity contribution in [2.24, 2.45) is 0 Å². The molecule has 1 aliphatic heterocycles. The number of β-amino-alcohol motifs (C(OH)–C–C–N with tert-alkyl or cyclic N) is 1. The van der Waals surface area contributed by atoms with Crippen molar-refractivity contribution in [3.05, 3.63) is 23.8 Å². The van der Waals surface area contributed by atoms with Crippen molar-refractivity contribution < 1.29 is 14.6 Å². The van der Waals surface area contributed by atoms with Gasteiger partial charge in [-0.05, 0) is 12.5 Å². The molecule has 0 saturated carbocycles. The van der Waals surface area contributed by atoms with E-state index in [0.717, 1.165) is 43.1 Å². The maximum absolute atomic E-state index is 9.49. The van der Waals surface area contributed by atoms with Crippen molar-refractivity contribution in [3.8, 4) is 11.5 Å². The summed E-state index contributed by atoms with van der Waals surface area (Å²) in [6, 6.07) is 5.84. The van der Waals surface area contributed by atoms with Gasteiger partial charge in [0.2, 0.25) is 0 Å². The molecule has 0 spiro atoms. The first-order valence-electron chi connectivity index (χ1n) is 5.84. The van der Waals surface area contributed by atoms with Crippen LogP contribution in [0.2, 0.25) is 0 Å². The van der Waals surface area contributed by atoms with Gasteiger partial charge in [0.25, 0.3) is 0 Å². The van der Waals surface area contributed by atoms with Crippen LogP contribution >= 0.6 is 0 Å². The van der Waals surface area contributed by atoms with E-state index in [4.69, 9.17) is 9.47 Å². The highest BCUT2D eigenvalue weighted by Gasteiger charge is 2.21. The molecule has 94 valence electrons. The molecular formula is C13H19NO3. The number of rotatable bonds is 4. The Labute approximate surface area is 102 Å². The van der Waals surface area contributed by atoms with Gasteiger partial charge >= 0.3 is 0 Å². The van der Waals surface area contributed by atoms with Gasteiger partial charge in [-0.25, -0.2) is 0 Å². The molecule has 0 radical (unpaired) electrons. The predicted octanol–water partition coefficient (Wildman–Crippen LogP) is 1.27. The molecule has 0 aromatic heterocycles. The average Bonchev–Trinajstić information content (AvgIpc) is 2.75. The lowest BCUT2D eigenvalue weighted by Gasteiger charge is -2.17. The van der Waals surface area contributed by atoms with Gasteiger partial charge in [-0.15, -0.1) is 0 Å². The molecule has 1 saturated heterocycles. The first kappa shape index (κ1) is 12.2. The fourth-order valence-corrected chi connectivity index (χ4v) is 2.18. The maximum atomic E-state index is 9.49. The largest absolute Gasteiger partial charge is 0.497 e. The molecule has 2 rings (SSSR count). The van der Waals surface area contributed by atoms with Crippen molar-refractivity contribution in [2.75, 3.05) is 27.3 Å². The van der Waals surface area contributed by atoms with E-state index < -0.39 is 0 Å². The zero-order chi connectivity index (χ0) is 12.3. The minimum Gasteiger partial charge on any atom is -0.497 e. The number of aliphatic hydroxyl groups excluding tert-OH is 1. The van der Waals surface area contributed by atoms with E-state index in [-0.39, 0.29) is 6.10 Å². The minimum absolute atomic E-state index is 0.181. The zero-order valence-corrected chi connectivity index (χ0v) is 10.3. The molecule has 1 aliphatic rings. The Bertz CT molecular complexity index is 381. The first-order valence-corrected chi connectivity index (χ1v) is 5.84. The standard InChI is InChI=1S/C13H19NO3/c1-16-12-4-3-10(13(7-12)17-2)8-14-6-5-11(15)9-14/h3-4,7,11,15H,5-6,8-9H2,1-2H3/t11-/m1/s1. The molecule has 4 nitrogen and oxygen atoms in total. The van der Waals surface area contributed by atoms with Crippen LogP contribution in [0.15, 0.2) is 18.2 Å². The summed E-state index contributed by atoms with van der Waals surface area (Å²) in [5.74, 6) is 1.64. The van der Waals surface area contributed by atoms with Gasteiger partial charge < -0.3 is 14.6 Å². The Morgan fingerprint density at radius 1 is 1.35 bits per heavy atom. The second kappa shape index (κ2) is 5.38. The third kappa shape index (κ3) is 2.90. The Hall–Kier alpha value is -1.26. The molecule has 1 aromatic carbocycles. The smallest absolute Gasteiger partial charge is 0.127 e. The Kier molecular flexibility index (Phi) is 3.86. The van der Waals surface area contributed by atoms with Gasteiger partial charge in [0.1, 0.15) is 11.5 Å². The fraction of sp³-hybridized carbons (Fsp3) is 0.538. The summed E-state index contributed by atoms with van der Waals surface area (Å²) < 4.78 is 10.5. The van der Waals surface area contributed by atoms with Crippen molar-refractivity contribution in [3.63, 3.8) is 0 Å². The van der Waals surface area contributed by atoms with E-state index in [1.54, 1.807) is 14.2 Å². The third-order valence-electron chi connectivity index (χ3n) is 3.14. The van der Waals surface area contributed by atoms with Crippen LogP contribution in [-0.2, 0) is 6.54 Å². The van der Waals surface area contributed by atoms with E-state index >= 15 is 0 Å². The van der Waals surface area contributed by atoms with Gasteiger partial charge in [-0.3, -0.25) is 4.90 Å². The van der Waals surface area contributed by atoms with E-state index in [2.05, 4.69) is 4.90 Å². The zero-order valence-electron chi connectivity index (χ0n) is 10.3. The normalized spacial score (nSPS) is 20.5. The SMILES string of the molecule is COc1ccc(CN2CC[C@@H](O)C2)c(OC)c1. The molecule has 1 aromatic rings. The molecule has 1 atom stereocenters. The van der Waals surface area contributed by atoms with E-state index in [1.165, 1.54) is 0 Å². The number of benzene rings is 1. The van der Waals surface area contributed by atoms with E-state index in [9.17, 15) is 5.11 Å². The van der Waals surface area contributed by atoms with Crippen LogP contribution in [0.1, 0.15) is 12.0 Å². The number of hydrogen-bond donors (Lipinski definition) is 1. The number of methoxy groups -OCH3 is 2. The molecular weight excluding hydrogens is 218 g/mol. The Balaban J connectivity index is 2.09. The van der Waals surface area contributed by atoms with Gasteiger partial charge in [-0.2, -0.15) is 0 Å². The van der Waals surface area contributed by atoms with Crippen LogP contribution in [0, 0.1) is 0 Å². The maximum Gasteiger partial charge on any atom is 0.127 e. The summed E-state index contributed by atoms with van der Waals surface area (Å²) in [5.41, 5.74) is 1.13. The monoisotopic (exact) mass is 237 g/mol. The van der Waals surface area contributed by atoms with Crippen LogP contribution in [0.4, 0.5) is 0 Å². The second-order valence-electron chi connectivity index (χ2n) is 4.36. The van der Waals surface area contributed by atoms with Gasteiger partial charge in [0.15, 0.2) is 0 Å². The Morgan fingerprint density at radius 2 is 2.18 bits per heavy atom. The predicted molar refractivity (Wildman–Crippen MR) is 65.4 cm³/mol. The van der Waals surface area contributed by atoms with E-state index in [0.29, 0.717) is 0 Å². The van der Waals surface area contributed by atoms with Gasteiger partial charge in [0.05, 0.1) is 20.3 Å². The first-order chi connectivity index (χ1) is 8.22. The highest BCUT2D eigenvalue weighted by molar-refractivity contribution is 5.40. The highest BCUT2D eigenvalue weighted by atomic mass is 16.5. The number of ether oxygens (including phenoxy) is 2. The van der Waals surface area contributed by atoms with Crippen molar-refractivity contribution in [2.45, 2.75) is 19.1 Å². The Morgan fingerprint density at radius 3 is 2.76 bits per heavy atom. The fourth-order valence-electron chi connectivity index (χ4n) is 2.18.